The summed E-state index contributed by atoms with van der Waals surface area (Å²) in [6.07, 6.45) is 3.76. The molecule has 76 valence electrons. The van der Waals surface area contributed by atoms with E-state index in [2.05, 4.69) is 39.0 Å². The van der Waals surface area contributed by atoms with E-state index in [4.69, 9.17) is 4.74 Å². The van der Waals surface area contributed by atoms with Gasteiger partial charge in [0, 0.05) is 0 Å². The van der Waals surface area contributed by atoms with Crippen molar-refractivity contribution in [2.24, 2.45) is 0 Å². The van der Waals surface area contributed by atoms with E-state index in [1.165, 1.54) is 30.4 Å². The van der Waals surface area contributed by atoms with Crippen LogP contribution < -0.4 is 4.74 Å². The fourth-order valence-corrected chi connectivity index (χ4v) is 1.97. The Morgan fingerprint density at radius 1 is 1.07 bits per heavy atom. The first-order valence-electron chi connectivity index (χ1n) is 5.35. The number of hydrogen-bond donors (Lipinski definition) is 0. The van der Waals surface area contributed by atoms with E-state index in [1.54, 1.807) is 0 Å². The average Bonchev–Trinajstić information content (AvgIpc) is 2.47. The Bertz CT molecular complexity index is 334. The molecule has 0 heterocycles. The molecule has 0 saturated heterocycles. The van der Waals surface area contributed by atoms with E-state index < -0.39 is 0 Å². The highest BCUT2D eigenvalue weighted by molar-refractivity contribution is 5.38. The zero-order valence-corrected chi connectivity index (χ0v) is 9.26. The molecule has 1 aromatic rings. The van der Waals surface area contributed by atoms with Crippen molar-refractivity contribution in [3.05, 3.63) is 29.3 Å². The molecule has 0 saturated carbocycles. The second kappa shape index (κ2) is 3.30. The van der Waals surface area contributed by atoms with Crippen LogP contribution in [-0.4, -0.2) is 5.60 Å². The van der Waals surface area contributed by atoms with Gasteiger partial charge in [-0.05, 0) is 63.3 Å². The maximum absolute atomic E-state index is 5.83. The highest BCUT2D eigenvalue weighted by Crippen LogP contribution is 2.27. The minimum absolute atomic E-state index is 0.0904. The highest BCUT2D eigenvalue weighted by atomic mass is 16.5. The van der Waals surface area contributed by atoms with Crippen LogP contribution in [0.1, 0.15) is 38.3 Å². The third-order valence-electron chi connectivity index (χ3n) is 2.49. The van der Waals surface area contributed by atoms with Crippen molar-refractivity contribution in [3.8, 4) is 5.75 Å². The average molecular weight is 190 g/mol. The molecule has 0 amide bonds. The third kappa shape index (κ3) is 2.09. The van der Waals surface area contributed by atoms with Gasteiger partial charge in [0.2, 0.25) is 0 Å². The second-order valence-corrected chi connectivity index (χ2v) is 5.00. The monoisotopic (exact) mass is 190 g/mol. The minimum Gasteiger partial charge on any atom is -0.488 e. The Kier molecular flexibility index (Phi) is 2.26. The number of ether oxygens (including phenoxy) is 1. The quantitative estimate of drug-likeness (QED) is 0.660. The van der Waals surface area contributed by atoms with Gasteiger partial charge in [0.1, 0.15) is 11.4 Å². The number of rotatable bonds is 1. The summed E-state index contributed by atoms with van der Waals surface area (Å²) in [5, 5.41) is 0. The fraction of sp³-hybridized carbons (Fsp3) is 0.538. The first-order chi connectivity index (χ1) is 6.54. The van der Waals surface area contributed by atoms with Gasteiger partial charge in [-0.1, -0.05) is 6.07 Å². The molecule has 1 heteroatoms. The van der Waals surface area contributed by atoms with Crippen LogP contribution in [0.25, 0.3) is 0 Å². The largest absolute Gasteiger partial charge is 0.488 e. The zero-order chi connectivity index (χ0) is 10.2. The molecule has 1 nitrogen and oxygen atoms in total. The number of hydrogen-bond acceptors (Lipinski definition) is 1. The van der Waals surface area contributed by atoms with E-state index in [9.17, 15) is 0 Å². The lowest BCUT2D eigenvalue weighted by molar-refractivity contribution is 0.131. The summed E-state index contributed by atoms with van der Waals surface area (Å²) in [5.74, 6) is 1.01. The normalized spacial score (nSPS) is 15.4. The van der Waals surface area contributed by atoms with E-state index in [0.717, 1.165) is 5.75 Å². The van der Waals surface area contributed by atoms with Crippen molar-refractivity contribution < 1.29 is 4.74 Å². The smallest absolute Gasteiger partial charge is 0.120 e. The molecule has 0 fully saturated rings. The molecule has 0 atom stereocenters. The maximum atomic E-state index is 5.83. The van der Waals surface area contributed by atoms with Crippen molar-refractivity contribution in [2.45, 2.75) is 45.6 Å². The van der Waals surface area contributed by atoms with Gasteiger partial charge in [0.05, 0.1) is 0 Å². The lowest BCUT2D eigenvalue weighted by atomic mass is 10.1. The molecular formula is C13H18O. The van der Waals surface area contributed by atoms with Gasteiger partial charge in [-0.2, -0.15) is 0 Å². The van der Waals surface area contributed by atoms with Crippen molar-refractivity contribution in [1.82, 2.24) is 0 Å². The Hall–Kier alpha value is -0.980. The molecule has 0 unspecified atom stereocenters. The van der Waals surface area contributed by atoms with Gasteiger partial charge >= 0.3 is 0 Å². The van der Waals surface area contributed by atoms with Gasteiger partial charge in [0.25, 0.3) is 0 Å². The molecule has 0 N–H and O–H groups in total. The van der Waals surface area contributed by atoms with Gasteiger partial charge in [0.15, 0.2) is 0 Å². The van der Waals surface area contributed by atoms with Crippen LogP contribution in [0.3, 0.4) is 0 Å². The first-order valence-corrected chi connectivity index (χ1v) is 5.35. The molecule has 1 aromatic carbocycles. The zero-order valence-electron chi connectivity index (χ0n) is 9.26. The first kappa shape index (κ1) is 9.57. The summed E-state index contributed by atoms with van der Waals surface area (Å²) < 4.78 is 5.83. The summed E-state index contributed by atoms with van der Waals surface area (Å²) >= 11 is 0. The Labute approximate surface area is 86.1 Å². The van der Waals surface area contributed by atoms with Crippen molar-refractivity contribution in [3.63, 3.8) is 0 Å². The van der Waals surface area contributed by atoms with Crippen molar-refractivity contribution in [2.75, 3.05) is 0 Å². The summed E-state index contributed by atoms with van der Waals surface area (Å²) in [4.78, 5) is 0. The molecule has 1 aliphatic carbocycles. The van der Waals surface area contributed by atoms with Crippen LogP contribution in [0.4, 0.5) is 0 Å². The molecule has 0 spiro atoms. The molecule has 14 heavy (non-hydrogen) atoms. The highest BCUT2D eigenvalue weighted by Gasteiger charge is 2.15. The van der Waals surface area contributed by atoms with Crippen LogP contribution in [0.5, 0.6) is 5.75 Å². The molecule has 1 aliphatic rings. The Morgan fingerprint density at radius 2 is 1.79 bits per heavy atom. The minimum atomic E-state index is -0.0904. The molecule has 0 aliphatic heterocycles. The number of aryl methyl sites for hydroxylation is 2. The van der Waals surface area contributed by atoms with Crippen LogP contribution in [-0.2, 0) is 12.8 Å². The molecule has 0 radical (unpaired) electrons. The number of benzene rings is 1. The van der Waals surface area contributed by atoms with Crippen LogP contribution in [0.15, 0.2) is 18.2 Å². The molecule has 0 aromatic heterocycles. The molecule has 0 bridgehead atoms. The Balaban J connectivity index is 2.21. The summed E-state index contributed by atoms with van der Waals surface area (Å²) in [7, 11) is 0. The van der Waals surface area contributed by atoms with Crippen LogP contribution in [0, 0.1) is 0 Å². The van der Waals surface area contributed by atoms with E-state index in [-0.39, 0.29) is 5.60 Å². The topological polar surface area (TPSA) is 9.23 Å². The lowest BCUT2D eigenvalue weighted by Crippen LogP contribution is -2.22. The molecule has 2 rings (SSSR count). The van der Waals surface area contributed by atoms with Gasteiger partial charge in [-0.3, -0.25) is 0 Å². The van der Waals surface area contributed by atoms with E-state index >= 15 is 0 Å². The van der Waals surface area contributed by atoms with E-state index in [0.29, 0.717) is 0 Å². The predicted molar refractivity (Wildman–Crippen MR) is 58.8 cm³/mol. The maximum Gasteiger partial charge on any atom is 0.120 e. The van der Waals surface area contributed by atoms with Gasteiger partial charge in [-0.25, -0.2) is 0 Å². The van der Waals surface area contributed by atoms with Crippen LogP contribution in [0.2, 0.25) is 0 Å². The van der Waals surface area contributed by atoms with Gasteiger partial charge < -0.3 is 4.74 Å². The second-order valence-electron chi connectivity index (χ2n) is 5.00. The SMILES string of the molecule is CC(C)(C)Oc1ccc2c(c1)CCC2. The summed E-state index contributed by atoms with van der Waals surface area (Å²) in [5.41, 5.74) is 2.89. The summed E-state index contributed by atoms with van der Waals surface area (Å²) in [6, 6.07) is 6.51. The standard InChI is InChI=1S/C13H18O/c1-13(2,3)14-12-8-7-10-5-4-6-11(10)9-12/h7-9H,4-6H2,1-3H3. The molecular weight excluding hydrogens is 172 g/mol. The fourth-order valence-electron chi connectivity index (χ4n) is 1.97. The third-order valence-corrected chi connectivity index (χ3v) is 2.49. The van der Waals surface area contributed by atoms with Gasteiger partial charge in [-0.15, -0.1) is 0 Å². The van der Waals surface area contributed by atoms with Crippen molar-refractivity contribution >= 4 is 0 Å². The predicted octanol–water partition coefficient (Wildman–Crippen LogP) is 3.35. The lowest BCUT2D eigenvalue weighted by Gasteiger charge is -2.21. The van der Waals surface area contributed by atoms with Crippen LogP contribution >= 0.6 is 0 Å². The summed E-state index contributed by atoms with van der Waals surface area (Å²) in [6.45, 7) is 6.25. The van der Waals surface area contributed by atoms with Crippen molar-refractivity contribution in [1.29, 1.82) is 0 Å². The number of fused-ring (bicyclic) bond motifs is 1. The Morgan fingerprint density at radius 3 is 2.50 bits per heavy atom. The van der Waals surface area contributed by atoms with E-state index in [1.807, 2.05) is 0 Å².